The molecule has 0 spiro atoms. The molecular weight excluding hydrogens is 376 g/mol. The van der Waals surface area contributed by atoms with Gasteiger partial charge in [-0.3, -0.25) is 14.5 Å². The molecule has 2 N–H and O–H groups in total. The normalized spacial score (nSPS) is 21.3. The fourth-order valence-electron chi connectivity index (χ4n) is 3.90. The zero-order chi connectivity index (χ0) is 19.2. The number of hydrogen-bond acceptors (Lipinski definition) is 4. The molecule has 2 heterocycles. The van der Waals surface area contributed by atoms with Gasteiger partial charge in [0, 0.05) is 57.9 Å². The van der Waals surface area contributed by atoms with Gasteiger partial charge < -0.3 is 15.5 Å². The number of nitrogens with one attached hydrogen (secondary N) is 2. The van der Waals surface area contributed by atoms with E-state index in [0.717, 1.165) is 44.8 Å². The minimum absolute atomic E-state index is 0. The molecule has 28 heavy (non-hydrogen) atoms. The minimum Gasteiger partial charge on any atom is -0.355 e. The number of piperazine rings is 1. The third-order valence-electron chi connectivity index (χ3n) is 5.80. The lowest BCUT2D eigenvalue weighted by Crippen LogP contribution is -2.46. The van der Waals surface area contributed by atoms with E-state index in [2.05, 4.69) is 35.4 Å². The Morgan fingerprint density at radius 3 is 2.71 bits per heavy atom. The van der Waals surface area contributed by atoms with E-state index < -0.39 is 0 Å². The maximum Gasteiger partial charge on any atom is 0.227 e. The average molecular weight is 409 g/mol. The summed E-state index contributed by atoms with van der Waals surface area (Å²) in [5, 5.41) is 6.36. The van der Waals surface area contributed by atoms with Crippen molar-refractivity contribution < 1.29 is 9.59 Å². The van der Waals surface area contributed by atoms with Gasteiger partial charge in [0.15, 0.2) is 0 Å². The third-order valence-corrected chi connectivity index (χ3v) is 5.80. The van der Waals surface area contributed by atoms with Gasteiger partial charge in [0.25, 0.3) is 0 Å². The molecule has 0 saturated carbocycles. The van der Waals surface area contributed by atoms with Gasteiger partial charge >= 0.3 is 0 Å². The van der Waals surface area contributed by atoms with Crippen LogP contribution in [0.1, 0.15) is 38.2 Å². The number of hydrogen-bond donors (Lipinski definition) is 2. The lowest BCUT2D eigenvalue weighted by molar-refractivity contribution is -0.126. The monoisotopic (exact) mass is 408 g/mol. The molecule has 2 aliphatic rings. The first-order valence-corrected chi connectivity index (χ1v) is 10.2. The summed E-state index contributed by atoms with van der Waals surface area (Å²) in [6.45, 7) is 10.4. The minimum atomic E-state index is -0.259. The van der Waals surface area contributed by atoms with Crippen LogP contribution in [-0.4, -0.2) is 62.5 Å². The zero-order valence-electron chi connectivity index (χ0n) is 16.9. The molecule has 1 aromatic carbocycles. The van der Waals surface area contributed by atoms with Gasteiger partial charge in [-0.1, -0.05) is 32.0 Å². The first kappa shape index (κ1) is 22.7. The third kappa shape index (κ3) is 5.46. The first-order valence-electron chi connectivity index (χ1n) is 10.2. The Balaban J connectivity index is 0.00000280. The SMILES string of the molecule is CCC(C)c1ccccc1N1CC(C(=O)NCCN2CCNCC2)CC1=O.Cl. The lowest BCUT2D eigenvalue weighted by Gasteiger charge is -2.27. The highest BCUT2D eigenvalue weighted by Crippen LogP contribution is 2.33. The van der Waals surface area contributed by atoms with Gasteiger partial charge in [-0.05, 0) is 24.0 Å². The molecule has 0 aliphatic carbocycles. The van der Waals surface area contributed by atoms with Crippen molar-refractivity contribution in [1.29, 1.82) is 0 Å². The predicted octanol–water partition coefficient (Wildman–Crippen LogP) is 2.00. The van der Waals surface area contributed by atoms with Crippen molar-refractivity contribution in [3.05, 3.63) is 29.8 Å². The molecule has 7 heteroatoms. The number of benzene rings is 1. The Labute approximate surface area is 174 Å². The molecule has 2 amide bonds. The van der Waals surface area contributed by atoms with E-state index in [1.54, 1.807) is 0 Å². The lowest BCUT2D eigenvalue weighted by atomic mass is 9.96. The summed E-state index contributed by atoms with van der Waals surface area (Å²) < 4.78 is 0. The fourth-order valence-corrected chi connectivity index (χ4v) is 3.90. The average Bonchev–Trinajstić information content (AvgIpc) is 3.09. The number of rotatable bonds is 7. The van der Waals surface area contributed by atoms with Crippen molar-refractivity contribution in [2.75, 3.05) is 50.7 Å². The van der Waals surface area contributed by atoms with E-state index in [9.17, 15) is 9.59 Å². The topological polar surface area (TPSA) is 64.7 Å². The van der Waals surface area contributed by atoms with Crippen LogP contribution in [0.2, 0.25) is 0 Å². The van der Waals surface area contributed by atoms with Crippen LogP contribution in [-0.2, 0) is 9.59 Å². The zero-order valence-corrected chi connectivity index (χ0v) is 17.8. The van der Waals surface area contributed by atoms with Crippen LogP contribution < -0.4 is 15.5 Å². The van der Waals surface area contributed by atoms with Crippen molar-refractivity contribution in [1.82, 2.24) is 15.5 Å². The van der Waals surface area contributed by atoms with Crippen molar-refractivity contribution in [3.63, 3.8) is 0 Å². The van der Waals surface area contributed by atoms with E-state index >= 15 is 0 Å². The van der Waals surface area contributed by atoms with Crippen molar-refractivity contribution in [2.24, 2.45) is 5.92 Å². The predicted molar refractivity (Wildman–Crippen MR) is 115 cm³/mol. The van der Waals surface area contributed by atoms with Crippen molar-refractivity contribution in [2.45, 2.75) is 32.6 Å². The maximum atomic E-state index is 12.6. The first-order chi connectivity index (χ1) is 13.1. The van der Waals surface area contributed by atoms with Gasteiger partial charge in [0.2, 0.25) is 11.8 Å². The largest absolute Gasteiger partial charge is 0.355 e. The maximum absolute atomic E-state index is 12.6. The number of halogens is 1. The van der Waals surface area contributed by atoms with Crippen LogP contribution in [0.4, 0.5) is 5.69 Å². The van der Waals surface area contributed by atoms with Crippen LogP contribution in [0.25, 0.3) is 0 Å². The van der Waals surface area contributed by atoms with E-state index in [1.807, 2.05) is 23.1 Å². The van der Waals surface area contributed by atoms with Gasteiger partial charge in [0.05, 0.1) is 5.92 Å². The summed E-state index contributed by atoms with van der Waals surface area (Å²) in [6, 6.07) is 8.09. The summed E-state index contributed by atoms with van der Waals surface area (Å²) in [6.07, 6.45) is 1.32. The van der Waals surface area contributed by atoms with Crippen molar-refractivity contribution in [3.8, 4) is 0 Å². The Bertz CT molecular complexity index is 664. The molecule has 3 rings (SSSR count). The number of amides is 2. The highest BCUT2D eigenvalue weighted by molar-refractivity contribution is 6.00. The smallest absolute Gasteiger partial charge is 0.227 e. The molecule has 1 aromatic rings. The Morgan fingerprint density at radius 2 is 2.00 bits per heavy atom. The van der Waals surface area contributed by atoms with Crippen LogP contribution in [0.5, 0.6) is 0 Å². The number of para-hydroxylation sites is 1. The second-order valence-corrected chi connectivity index (χ2v) is 7.66. The second kappa shape index (κ2) is 10.8. The Kier molecular flexibility index (Phi) is 8.73. The molecule has 6 nitrogen and oxygen atoms in total. The summed E-state index contributed by atoms with van der Waals surface area (Å²) in [4.78, 5) is 29.3. The molecule has 2 atom stereocenters. The Morgan fingerprint density at radius 1 is 1.29 bits per heavy atom. The van der Waals surface area contributed by atoms with E-state index in [1.165, 1.54) is 5.56 Å². The summed E-state index contributed by atoms with van der Waals surface area (Å²) in [7, 11) is 0. The highest BCUT2D eigenvalue weighted by atomic mass is 35.5. The van der Waals surface area contributed by atoms with E-state index in [4.69, 9.17) is 0 Å². The van der Waals surface area contributed by atoms with Gasteiger partial charge in [-0.25, -0.2) is 0 Å². The molecule has 2 fully saturated rings. The van der Waals surface area contributed by atoms with Crippen LogP contribution in [0, 0.1) is 5.92 Å². The van der Waals surface area contributed by atoms with Crippen LogP contribution in [0.3, 0.4) is 0 Å². The molecule has 0 radical (unpaired) electrons. The van der Waals surface area contributed by atoms with Gasteiger partial charge in [0.1, 0.15) is 0 Å². The van der Waals surface area contributed by atoms with Crippen LogP contribution in [0.15, 0.2) is 24.3 Å². The molecule has 2 saturated heterocycles. The summed E-state index contributed by atoms with van der Waals surface area (Å²) in [5.41, 5.74) is 2.15. The molecule has 156 valence electrons. The number of carbonyl (C=O) groups is 2. The van der Waals surface area contributed by atoms with Gasteiger partial charge in [-0.15, -0.1) is 12.4 Å². The van der Waals surface area contributed by atoms with E-state index in [-0.39, 0.29) is 30.1 Å². The number of anilines is 1. The highest BCUT2D eigenvalue weighted by Gasteiger charge is 2.36. The van der Waals surface area contributed by atoms with Gasteiger partial charge in [-0.2, -0.15) is 0 Å². The summed E-state index contributed by atoms with van der Waals surface area (Å²) >= 11 is 0. The quantitative estimate of drug-likeness (QED) is 0.724. The van der Waals surface area contributed by atoms with E-state index in [0.29, 0.717) is 25.4 Å². The molecule has 2 aliphatic heterocycles. The standard InChI is InChI=1S/C21H32N4O2.ClH/c1-3-16(2)18-6-4-5-7-19(18)25-15-17(14-20(25)26)21(27)23-10-13-24-11-8-22-9-12-24;/h4-7,16-17,22H,3,8-15H2,1-2H3,(H,23,27);1H. The van der Waals surface area contributed by atoms with Crippen molar-refractivity contribution >= 4 is 29.9 Å². The molecule has 0 bridgehead atoms. The molecular formula is C21H33ClN4O2. The second-order valence-electron chi connectivity index (χ2n) is 7.66. The Hall–Kier alpha value is -1.63. The number of carbonyl (C=O) groups excluding carboxylic acids is 2. The fraction of sp³-hybridized carbons (Fsp3) is 0.619. The molecule has 0 aromatic heterocycles. The number of nitrogens with zero attached hydrogens (tertiary/aromatic N) is 2. The van der Waals surface area contributed by atoms with Crippen LogP contribution >= 0.6 is 12.4 Å². The molecule has 2 unspecified atom stereocenters. The summed E-state index contributed by atoms with van der Waals surface area (Å²) in [5.74, 6) is 0.182.